The molecule has 3 unspecified atom stereocenters. The van der Waals surface area contributed by atoms with Gasteiger partial charge in [0.25, 0.3) is 0 Å². The van der Waals surface area contributed by atoms with Crippen molar-refractivity contribution in [3.8, 4) is 0 Å². The Bertz CT molecular complexity index is 255. The summed E-state index contributed by atoms with van der Waals surface area (Å²) in [7, 11) is 0. The normalized spacial score (nSPS) is 26.9. The van der Waals surface area contributed by atoms with Crippen molar-refractivity contribution in [3.05, 3.63) is 0 Å². The zero-order valence-corrected chi connectivity index (χ0v) is 12.5. The highest BCUT2D eigenvalue weighted by Gasteiger charge is 2.34. The van der Waals surface area contributed by atoms with Gasteiger partial charge in [-0.05, 0) is 38.6 Å². The van der Waals surface area contributed by atoms with Crippen LogP contribution in [0.15, 0.2) is 0 Å². The predicted octanol–water partition coefficient (Wildman–Crippen LogP) is 1.46. The Labute approximate surface area is 116 Å². The van der Waals surface area contributed by atoms with E-state index in [4.69, 9.17) is 0 Å². The van der Waals surface area contributed by atoms with Crippen LogP contribution < -0.4 is 10.6 Å². The first-order valence-electron chi connectivity index (χ1n) is 6.71. The quantitative estimate of drug-likeness (QED) is 0.714. The minimum atomic E-state index is -0.451. The van der Waals surface area contributed by atoms with E-state index in [9.17, 15) is 9.90 Å². The first kappa shape index (κ1) is 17.7. The fourth-order valence-electron chi connectivity index (χ4n) is 2.12. The number of carbonyl (C=O) groups is 1. The minimum Gasteiger partial charge on any atom is -0.391 e. The van der Waals surface area contributed by atoms with Crippen LogP contribution >= 0.6 is 12.4 Å². The molecule has 1 aliphatic heterocycles. The third-order valence-corrected chi connectivity index (χ3v) is 3.89. The summed E-state index contributed by atoms with van der Waals surface area (Å²) >= 11 is 0. The van der Waals surface area contributed by atoms with Crippen molar-refractivity contribution in [3.63, 3.8) is 0 Å². The van der Waals surface area contributed by atoms with Gasteiger partial charge in [-0.1, -0.05) is 20.3 Å². The molecule has 1 heterocycles. The van der Waals surface area contributed by atoms with Gasteiger partial charge in [-0.2, -0.15) is 0 Å². The maximum atomic E-state index is 12.1. The predicted molar refractivity (Wildman–Crippen MR) is 76.0 cm³/mol. The molecule has 4 nitrogen and oxygen atoms in total. The smallest absolute Gasteiger partial charge is 0.240 e. The van der Waals surface area contributed by atoms with Crippen LogP contribution in [0, 0.1) is 5.92 Å². The number of halogens is 1. The number of rotatable bonds is 5. The maximum absolute atomic E-state index is 12.1. The van der Waals surface area contributed by atoms with Gasteiger partial charge in [0.1, 0.15) is 0 Å². The number of nitrogens with one attached hydrogen (secondary N) is 2. The summed E-state index contributed by atoms with van der Waals surface area (Å²) in [5.74, 6) is 0.238. The van der Waals surface area contributed by atoms with E-state index < -0.39 is 11.6 Å². The molecule has 0 saturated carbocycles. The molecule has 3 atom stereocenters. The van der Waals surface area contributed by atoms with E-state index in [0.29, 0.717) is 6.54 Å². The summed E-state index contributed by atoms with van der Waals surface area (Å²) in [6.45, 7) is 7.23. The summed E-state index contributed by atoms with van der Waals surface area (Å²) in [5, 5.41) is 15.9. The van der Waals surface area contributed by atoms with Crippen molar-refractivity contribution in [2.24, 2.45) is 5.92 Å². The Hall–Kier alpha value is -0.320. The van der Waals surface area contributed by atoms with E-state index >= 15 is 0 Å². The summed E-state index contributed by atoms with van der Waals surface area (Å²) in [4.78, 5) is 12.1. The lowest BCUT2D eigenvalue weighted by atomic mass is 9.90. The first-order valence-corrected chi connectivity index (χ1v) is 6.71. The highest BCUT2D eigenvalue weighted by atomic mass is 35.5. The number of piperidine rings is 1. The molecule has 1 saturated heterocycles. The number of hydrogen-bond acceptors (Lipinski definition) is 3. The van der Waals surface area contributed by atoms with Crippen molar-refractivity contribution in [2.75, 3.05) is 13.1 Å². The molecule has 0 aromatic carbocycles. The van der Waals surface area contributed by atoms with Gasteiger partial charge in [-0.25, -0.2) is 0 Å². The maximum Gasteiger partial charge on any atom is 0.240 e. The molecule has 1 fully saturated rings. The largest absolute Gasteiger partial charge is 0.391 e. The van der Waals surface area contributed by atoms with Gasteiger partial charge in [0.15, 0.2) is 0 Å². The second kappa shape index (κ2) is 7.97. The van der Waals surface area contributed by atoms with Gasteiger partial charge in [-0.3, -0.25) is 4.79 Å². The van der Waals surface area contributed by atoms with Crippen LogP contribution in [0.5, 0.6) is 0 Å². The fourth-order valence-corrected chi connectivity index (χ4v) is 2.12. The van der Waals surface area contributed by atoms with Crippen LogP contribution in [-0.4, -0.2) is 35.7 Å². The van der Waals surface area contributed by atoms with Crippen molar-refractivity contribution in [1.29, 1.82) is 0 Å². The molecule has 3 N–H and O–H groups in total. The van der Waals surface area contributed by atoms with Gasteiger partial charge in [0.2, 0.25) is 5.91 Å². The van der Waals surface area contributed by atoms with Gasteiger partial charge < -0.3 is 15.7 Å². The third-order valence-electron chi connectivity index (χ3n) is 3.89. The van der Waals surface area contributed by atoms with Crippen LogP contribution in [0.4, 0.5) is 0 Å². The van der Waals surface area contributed by atoms with Crippen LogP contribution in [0.3, 0.4) is 0 Å². The molecular formula is C13H27ClN2O2. The monoisotopic (exact) mass is 278 g/mol. The lowest BCUT2D eigenvalue weighted by molar-refractivity contribution is -0.128. The average Bonchev–Trinajstić information content (AvgIpc) is 2.35. The summed E-state index contributed by atoms with van der Waals surface area (Å²) < 4.78 is 0. The zero-order chi connectivity index (χ0) is 12.9. The Morgan fingerprint density at radius 3 is 2.67 bits per heavy atom. The van der Waals surface area contributed by atoms with Crippen LogP contribution in [0.25, 0.3) is 0 Å². The summed E-state index contributed by atoms with van der Waals surface area (Å²) in [6, 6.07) is 0. The van der Waals surface area contributed by atoms with Crippen LogP contribution in [0.2, 0.25) is 0 Å². The molecule has 0 spiro atoms. The number of aliphatic hydroxyl groups is 1. The van der Waals surface area contributed by atoms with Crippen molar-refractivity contribution >= 4 is 18.3 Å². The third kappa shape index (κ3) is 4.75. The molecule has 5 heteroatoms. The van der Waals surface area contributed by atoms with E-state index in [1.165, 1.54) is 0 Å². The second-order valence-corrected chi connectivity index (χ2v) is 5.38. The Morgan fingerprint density at radius 1 is 1.50 bits per heavy atom. The molecule has 1 amide bonds. The van der Waals surface area contributed by atoms with Crippen molar-refractivity contribution < 1.29 is 9.90 Å². The molecule has 108 valence electrons. The standard InChI is InChI=1S/C13H26N2O2.ClH/c1-4-10(2)11(16)9-14-12(17)13(3)7-5-6-8-15-13;/h10-11,15-16H,4-9H2,1-3H3,(H,14,17);1H. The number of hydrogen-bond donors (Lipinski definition) is 3. The van der Waals surface area contributed by atoms with E-state index in [-0.39, 0.29) is 24.2 Å². The molecule has 1 rings (SSSR count). The minimum absolute atomic E-state index is 0. The Balaban J connectivity index is 0.00000289. The second-order valence-electron chi connectivity index (χ2n) is 5.38. The molecule has 0 aliphatic carbocycles. The van der Waals surface area contributed by atoms with Gasteiger partial charge in [-0.15, -0.1) is 12.4 Å². The molecular weight excluding hydrogens is 252 g/mol. The van der Waals surface area contributed by atoms with E-state index in [2.05, 4.69) is 10.6 Å². The van der Waals surface area contributed by atoms with Crippen molar-refractivity contribution in [2.45, 2.75) is 58.1 Å². The van der Waals surface area contributed by atoms with Gasteiger partial charge >= 0.3 is 0 Å². The molecule has 1 aliphatic rings. The highest BCUT2D eigenvalue weighted by Crippen LogP contribution is 2.18. The SMILES string of the molecule is CCC(C)C(O)CNC(=O)C1(C)CCCCN1.Cl. The molecule has 0 bridgehead atoms. The number of aliphatic hydroxyl groups excluding tert-OH is 1. The highest BCUT2D eigenvalue weighted by molar-refractivity contribution is 5.86. The average molecular weight is 279 g/mol. The van der Waals surface area contributed by atoms with Gasteiger partial charge in [0, 0.05) is 6.54 Å². The fraction of sp³-hybridized carbons (Fsp3) is 0.923. The van der Waals surface area contributed by atoms with E-state index in [1.807, 2.05) is 20.8 Å². The topological polar surface area (TPSA) is 61.4 Å². The molecule has 18 heavy (non-hydrogen) atoms. The lowest BCUT2D eigenvalue weighted by Crippen LogP contribution is -2.57. The van der Waals surface area contributed by atoms with Crippen LogP contribution in [0.1, 0.15) is 46.5 Å². The number of carbonyl (C=O) groups excluding carboxylic acids is 1. The summed E-state index contributed by atoms with van der Waals surface area (Å²) in [6.07, 6.45) is 3.57. The Kier molecular flexibility index (Phi) is 7.83. The summed E-state index contributed by atoms with van der Waals surface area (Å²) in [5.41, 5.74) is -0.451. The zero-order valence-electron chi connectivity index (χ0n) is 11.7. The lowest BCUT2D eigenvalue weighted by Gasteiger charge is -2.34. The molecule has 0 aromatic rings. The van der Waals surface area contributed by atoms with E-state index in [0.717, 1.165) is 32.2 Å². The number of amides is 1. The molecule has 0 aromatic heterocycles. The Morgan fingerprint density at radius 2 is 2.17 bits per heavy atom. The van der Waals surface area contributed by atoms with E-state index in [1.54, 1.807) is 0 Å². The molecule has 0 radical (unpaired) electrons. The van der Waals surface area contributed by atoms with Gasteiger partial charge in [0.05, 0.1) is 11.6 Å². The van der Waals surface area contributed by atoms with Crippen molar-refractivity contribution in [1.82, 2.24) is 10.6 Å². The first-order chi connectivity index (χ1) is 7.99. The van der Waals surface area contributed by atoms with Crippen LogP contribution in [-0.2, 0) is 4.79 Å².